The Balaban J connectivity index is 1.48. The highest BCUT2D eigenvalue weighted by Gasteiger charge is 2.33. The average molecular weight is 392 g/mol. The minimum Gasteiger partial charge on any atom is -0.335 e. The molecule has 1 aromatic heterocycles. The van der Waals surface area contributed by atoms with Crippen LogP contribution in [0.2, 0.25) is 10.0 Å². The van der Waals surface area contributed by atoms with Crippen molar-refractivity contribution < 1.29 is 4.79 Å². The van der Waals surface area contributed by atoms with Gasteiger partial charge in [0.05, 0.1) is 16.6 Å². The largest absolute Gasteiger partial charge is 0.335 e. The summed E-state index contributed by atoms with van der Waals surface area (Å²) >= 11 is 12.1. The molecule has 2 fully saturated rings. The Bertz CT molecular complexity index is 796. The molecule has 0 aliphatic heterocycles. The number of carbonyl (C=O) groups is 1. The summed E-state index contributed by atoms with van der Waals surface area (Å²) in [4.78, 5) is 19.4. The standard InChI is InChI=1S/C20H23Cl2N3O/c21-17-7-6-15(10-18(17)22)12-24-9-8-23-19(24)13-25(11-14-4-5-14)20(26)16-2-1-3-16/h6-10,14,16H,1-5,11-13H2. The Kier molecular flexibility index (Phi) is 5.23. The van der Waals surface area contributed by atoms with Gasteiger partial charge in [0, 0.05) is 31.4 Å². The summed E-state index contributed by atoms with van der Waals surface area (Å²) in [7, 11) is 0. The van der Waals surface area contributed by atoms with E-state index in [9.17, 15) is 4.79 Å². The molecule has 0 atom stereocenters. The number of aromatic nitrogens is 2. The van der Waals surface area contributed by atoms with E-state index in [0.29, 0.717) is 35.0 Å². The van der Waals surface area contributed by atoms with E-state index in [-0.39, 0.29) is 5.92 Å². The van der Waals surface area contributed by atoms with Crippen molar-refractivity contribution in [1.82, 2.24) is 14.5 Å². The highest BCUT2D eigenvalue weighted by Crippen LogP contribution is 2.33. The highest BCUT2D eigenvalue weighted by molar-refractivity contribution is 6.42. The van der Waals surface area contributed by atoms with Crippen LogP contribution in [0.25, 0.3) is 0 Å². The van der Waals surface area contributed by atoms with Crippen molar-refractivity contribution in [2.24, 2.45) is 11.8 Å². The number of amides is 1. The van der Waals surface area contributed by atoms with Gasteiger partial charge >= 0.3 is 0 Å². The fraction of sp³-hybridized carbons (Fsp3) is 0.500. The van der Waals surface area contributed by atoms with Crippen LogP contribution in [0.3, 0.4) is 0 Å². The molecule has 1 heterocycles. The Labute approximate surface area is 164 Å². The maximum atomic E-state index is 12.8. The molecule has 2 aliphatic carbocycles. The molecule has 4 rings (SSSR count). The van der Waals surface area contributed by atoms with Crippen molar-refractivity contribution in [2.75, 3.05) is 6.54 Å². The second kappa shape index (κ2) is 7.61. The molecule has 0 unspecified atom stereocenters. The zero-order chi connectivity index (χ0) is 18.1. The third-order valence-corrected chi connectivity index (χ3v) is 6.15. The van der Waals surface area contributed by atoms with Crippen molar-refractivity contribution in [3.05, 3.63) is 52.0 Å². The van der Waals surface area contributed by atoms with E-state index in [0.717, 1.165) is 30.8 Å². The third kappa shape index (κ3) is 4.07. The summed E-state index contributed by atoms with van der Waals surface area (Å²) in [6, 6.07) is 5.67. The third-order valence-electron chi connectivity index (χ3n) is 5.41. The predicted molar refractivity (Wildman–Crippen MR) is 103 cm³/mol. The van der Waals surface area contributed by atoms with Gasteiger partial charge in [-0.25, -0.2) is 4.98 Å². The zero-order valence-corrected chi connectivity index (χ0v) is 16.2. The summed E-state index contributed by atoms with van der Waals surface area (Å²) in [5.41, 5.74) is 1.07. The van der Waals surface area contributed by atoms with Crippen LogP contribution in [0.1, 0.15) is 43.5 Å². The van der Waals surface area contributed by atoms with Gasteiger partial charge in [-0.3, -0.25) is 4.79 Å². The molecule has 0 radical (unpaired) electrons. The van der Waals surface area contributed by atoms with Crippen LogP contribution in [-0.4, -0.2) is 26.9 Å². The molecule has 1 aromatic carbocycles. The number of nitrogens with zero attached hydrogens (tertiary/aromatic N) is 3. The second-order valence-electron chi connectivity index (χ2n) is 7.51. The lowest BCUT2D eigenvalue weighted by Crippen LogP contribution is -2.40. The van der Waals surface area contributed by atoms with Crippen LogP contribution in [0.15, 0.2) is 30.6 Å². The van der Waals surface area contributed by atoms with Gasteiger partial charge in [0.2, 0.25) is 5.91 Å². The minimum absolute atomic E-state index is 0.229. The van der Waals surface area contributed by atoms with Crippen molar-refractivity contribution >= 4 is 29.1 Å². The summed E-state index contributed by atoms with van der Waals surface area (Å²) in [5.74, 6) is 2.14. The molecule has 0 spiro atoms. The number of hydrogen-bond acceptors (Lipinski definition) is 2. The van der Waals surface area contributed by atoms with E-state index in [1.807, 2.05) is 29.3 Å². The van der Waals surface area contributed by atoms with Crippen LogP contribution in [0.4, 0.5) is 0 Å². The van der Waals surface area contributed by atoms with Crippen LogP contribution < -0.4 is 0 Å². The maximum Gasteiger partial charge on any atom is 0.226 e. The van der Waals surface area contributed by atoms with Crippen molar-refractivity contribution in [2.45, 2.75) is 45.2 Å². The molecule has 2 aromatic rings. The Hall–Kier alpha value is -1.52. The molecule has 2 aliphatic rings. The molecule has 26 heavy (non-hydrogen) atoms. The first kappa shape index (κ1) is 17.9. The van der Waals surface area contributed by atoms with Crippen molar-refractivity contribution in [3.63, 3.8) is 0 Å². The number of hydrogen-bond donors (Lipinski definition) is 0. The topological polar surface area (TPSA) is 38.1 Å². The molecule has 138 valence electrons. The quantitative estimate of drug-likeness (QED) is 0.680. The normalized spacial score (nSPS) is 17.2. The SMILES string of the molecule is O=C(C1CCC1)N(Cc1nccn1Cc1ccc(Cl)c(Cl)c1)CC1CC1. The number of imidazole rings is 1. The smallest absolute Gasteiger partial charge is 0.226 e. The van der Waals surface area contributed by atoms with E-state index in [1.54, 1.807) is 6.20 Å². The lowest BCUT2D eigenvalue weighted by atomic mass is 9.84. The number of rotatable bonds is 7. The number of benzene rings is 1. The van der Waals surface area contributed by atoms with Gasteiger partial charge in [0.1, 0.15) is 5.82 Å². The van der Waals surface area contributed by atoms with Gasteiger partial charge in [0.25, 0.3) is 0 Å². The number of halogens is 2. The molecule has 0 bridgehead atoms. The Morgan fingerprint density at radius 2 is 2.00 bits per heavy atom. The molecule has 6 heteroatoms. The van der Waals surface area contributed by atoms with Gasteiger partial charge in [-0.05, 0) is 49.3 Å². The molecule has 0 N–H and O–H groups in total. The van der Waals surface area contributed by atoms with E-state index in [1.165, 1.54) is 19.3 Å². The van der Waals surface area contributed by atoms with Crippen LogP contribution in [0.5, 0.6) is 0 Å². The van der Waals surface area contributed by atoms with E-state index >= 15 is 0 Å². The van der Waals surface area contributed by atoms with E-state index in [2.05, 4.69) is 9.55 Å². The predicted octanol–water partition coefficient (Wildman–Crippen LogP) is 4.78. The molecule has 4 nitrogen and oxygen atoms in total. The molecule has 0 saturated heterocycles. The first-order valence-corrected chi connectivity index (χ1v) is 10.1. The Morgan fingerprint density at radius 3 is 2.65 bits per heavy atom. The lowest BCUT2D eigenvalue weighted by Gasteiger charge is -2.31. The first-order valence-electron chi connectivity index (χ1n) is 9.33. The minimum atomic E-state index is 0.229. The molecule has 2 saturated carbocycles. The molecule has 1 amide bonds. The monoisotopic (exact) mass is 391 g/mol. The highest BCUT2D eigenvalue weighted by atomic mass is 35.5. The maximum absolute atomic E-state index is 12.8. The zero-order valence-electron chi connectivity index (χ0n) is 14.7. The summed E-state index contributed by atoms with van der Waals surface area (Å²) < 4.78 is 2.09. The molecular formula is C20H23Cl2N3O. The van der Waals surface area contributed by atoms with Crippen LogP contribution >= 0.6 is 23.2 Å². The van der Waals surface area contributed by atoms with Gasteiger partial charge in [-0.1, -0.05) is 35.7 Å². The number of carbonyl (C=O) groups excluding carboxylic acids is 1. The fourth-order valence-electron chi connectivity index (χ4n) is 3.40. The fourth-order valence-corrected chi connectivity index (χ4v) is 3.72. The summed E-state index contributed by atoms with van der Waals surface area (Å²) in [6.45, 7) is 2.12. The second-order valence-corrected chi connectivity index (χ2v) is 8.32. The lowest BCUT2D eigenvalue weighted by molar-refractivity contribution is -0.139. The van der Waals surface area contributed by atoms with Gasteiger partial charge in [0.15, 0.2) is 0 Å². The summed E-state index contributed by atoms with van der Waals surface area (Å²) in [5, 5.41) is 1.12. The average Bonchev–Trinajstić information content (AvgIpc) is 3.28. The van der Waals surface area contributed by atoms with Gasteiger partial charge in [-0.15, -0.1) is 0 Å². The van der Waals surface area contributed by atoms with Crippen LogP contribution in [-0.2, 0) is 17.9 Å². The van der Waals surface area contributed by atoms with E-state index < -0.39 is 0 Å². The molecular weight excluding hydrogens is 369 g/mol. The van der Waals surface area contributed by atoms with E-state index in [4.69, 9.17) is 23.2 Å². The first-order chi connectivity index (χ1) is 12.6. The van der Waals surface area contributed by atoms with Gasteiger partial charge in [-0.2, -0.15) is 0 Å². The van der Waals surface area contributed by atoms with Crippen molar-refractivity contribution in [1.29, 1.82) is 0 Å². The van der Waals surface area contributed by atoms with Gasteiger partial charge < -0.3 is 9.47 Å². The Morgan fingerprint density at radius 1 is 1.19 bits per heavy atom. The van der Waals surface area contributed by atoms with Crippen LogP contribution in [0, 0.1) is 11.8 Å². The van der Waals surface area contributed by atoms with Crippen molar-refractivity contribution in [3.8, 4) is 0 Å². The summed E-state index contributed by atoms with van der Waals surface area (Å²) in [6.07, 6.45) is 9.50.